The van der Waals surface area contributed by atoms with Crippen molar-refractivity contribution in [3.8, 4) is 5.75 Å². The Morgan fingerprint density at radius 2 is 1.66 bits per heavy atom. The van der Waals surface area contributed by atoms with Crippen molar-refractivity contribution in [2.45, 2.75) is 11.8 Å². The maximum Gasteiger partial charge on any atom is 0.262 e. The van der Waals surface area contributed by atoms with Crippen LogP contribution in [-0.4, -0.2) is 20.9 Å². The molecule has 150 valence electrons. The number of ether oxygens (including phenoxy) is 1. The van der Waals surface area contributed by atoms with Gasteiger partial charge in [0.15, 0.2) is 6.61 Å². The average molecular weight is 414 g/mol. The van der Waals surface area contributed by atoms with Crippen molar-refractivity contribution in [3.63, 3.8) is 0 Å². The van der Waals surface area contributed by atoms with Crippen molar-refractivity contribution in [1.29, 1.82) is 0 Å². The van der Waals surface area contributed by atoms with Gasteiger partial charge in [0.05, 0.1) is 4.90 Å². The molecule has 0 aliphatic carbocycles. The minimum Gasteiger partial charge on any atom is -0.484 e. The summed E-state index contributed by atoms with van der Waals surface area (Å²) in [5.74, 6) is -0.434. The first-order valence-electron chi connectivity index (χ1n) is 8.70. The van der Waals surface area contributed by atoms with Crippen LogP contribution in [0.5, 0.6) is 5.75 Å². The quantitative estimate of drug-likeness (QED) is 0.613. The van der Waals surface area contributed by atoms with Crippen LogP contribution in [0.4, 0.5) is 15.8 Å². The van der Waals surface area contributed by atoms with Crippen molar-refractivity contribution in [2.75, 3.05) is 16.6 Å². The molecule has 3 rings (SSSR count). The fourth-order valence-electron chi connectivity index (χ4n) is 2.52. The topological polar surface area (TPSA) is 84.5 Å². The van der Waals surface area contributed by atoms with Crippen LogP contribution in [0.2, 0.25) is 0 Å². The van der Waals surface area contributed by atoms with E-state index in [9.17, 15) is 17.6 Å². The summed E-state index contributed by atoms with van der Waals surface area (Å²) >= 11 is 0. The van der Waals surface area contributed by atoms with Gasteiger partial charge in [-0.05, 0) is 73.2 Å². The molecule has 0 heterocycles. The van der Waals surface area contributed by atoms with Gasteiger partial charge < -0.3 is 10.1 Å². The Labute approximate surface area is 168 Å². The van der Waals surface area contributed by atoms with Crippen LogP contribution in [0.25, 0.3) is 0 Å². The summed E-state index contributed by atoms with van der Waals surface area (Å²) in [6.45, 7) is 1.71. The zero-order valence-electron chi connectivity index (χ0n) is 15.6. The van der Waals surface area contributed by atoms with Gasteiger partial charge in [0, 0.05) is 11.4 Å². The molecular weight excluding hydrogens is 395 g/mol. The molecule has 2 N–H and O–H groups in total. The Hall–Kier alpha value is -3.39. The Kier molecular flexibility index (Phi) is 6.13. The SMILES string of the molecule is Cc1cccc(NC(=O)COc2ccc(S(=O)(=O)Nc3ccc(F)cc3)cc2)c1. The van der Waals surface area contributed by atoms with E-state index in [1.165, 1.54) is 36.4 Å². The molecule has 6 nitrogen and oxygen atoms in total. The third-order valence-electron chi connectivity index (χ3n) is 3.90. The largest absolute Gasteiger partial charge is 0.484 e. The van der Waals surface area contributed by atoms with Crippen LogP contribution in [0.15, 0.2) is 77.7 Å². The monoisotopic (exact) mass is 414 g/mol. The lowest BCUT2D eigenvalue weighted by molar-refractivity contribution is -0.118. The fraction of sp³-hybridized carbons (Fsp3) is 0.0952. The number of anilines is 2. The van der Waals surface area contributed by atoms with E-state index in [2.05, 4.69) is 10.0 Å². The molecule has 0 spiro atoms. The predicted molar refractivity (Wildman–Crippen MR) is 109 cm³/mol. The highest BCUT2D eigenvalue weighted by Crippen LogP contribution is 2.19. The van der Waals surface area contributed by atoms with Crippen LogP contribution in [0, 0.1) is 12.7 Å². The van der Waals surface area contributed by atoms with Gasteiger partial charge in [-0.15, -0.1) is 0 Å². The number of hydrogen-bond donors (Lipinski definition) is 2. The Morgan fingerprint density at radius 3 is 2.31 bits per heavy atom. The second kappa shape index (κ2) is 8.74. The first kappa shape index (κ1) is 20.3. The van der Waals surface area contributed by atoms with Gasteiger partial charge in [0.1, 0.15) is 11.6 Å². The summed E-state index contributed by atoms with van der Waals surface area (Å²) in [6.07, 6.45) is 0. The van der Waals surface area contributed by atoms with Gasteiger partial charge in [-0.3, -0.25) is 9.52 Å². The van der Waals surface area contributed by atoms with E-state index in [1.54, 1.807) is 6.07 Å². The van der Waals surface area contributed by atoms with E-state index < -0.39 is 15.8 Å². The third kappa shape index (κ3) is 5.79. The van der Waals surface area contributed by atoms with Gasteiger partial charge in [0.25, 0.3) is 15.9 Å². The highest BCUT2D eigenvalue weighted by Gasteiger charge is 2.14. The number of amides is 1. The van der Waals surface area contributed by atoms with Crippen LogP contribution < -0.4 is 14.8 Å². The number of rotatable bonds is 7. The number of hydrogen-bond acceptors (Lipinski definition) is 4. The molecule has 0 saturated carbocycles. The number of nitrogens with one attached hydrogen (secondary N) is 2. The number of halogens is 1. The average Bonchev–Trinajstić information content (AvgIpc) is 2.68. The third-order valence-corrected chi connectivity index (χ3v) is 5.30. The first-order chi connectivity index (χ1) is 13.8. The summed E-state index contributed by atoms with van der Waals surface area (Å²) in [4.78, 5) is 12.0. The van der Waals surface area contributed by atoms with Crippen LogP contribution >= 0.6 is 0 Å². The molecule has 1 amide bonds. The Balaban J connectivity index is 1.58. The summed E-state index contributed by atoms with van der Waals surface area (Å²) in [5.41, 5.74) is 1.95. The van der Waals surface area contributed by atoms with Crippen LogP contribution in [-0.2, 0) is 14.8 Å². The van der Waals surface area contributed by atoms with E-state index in [4.69, 9.17) is 4.74 Å². The zero-order chi connectivity index (χ0) is 20.9. The molecule has 0 aliphatic rings. The molecule has 0 unspecified atom stereocenters. The van der Waals surface area contributed by atoms with Gasteiger partial charge in [-0.1, -0.05) is 12.1 Å². The van der Waals surface area contributed by atoms with Crippen molar-refractivity contribution < 1.29 is 22.3 Å². The number of aryl methyl sites for hydroxylation is 1. The molecule has 29 heavy (non-hydrogen) atoms. The van der Waals surface area contributed by atoms with E-state index in [1.807, 2.05) is 25.1 Å². The molecule has 0 fully saturated rings. The van der Waals surface area contributed by atoms with Crippen LogP contribution in [0.1, 0.15) is 5.56 Å². The number of benzene rings is 3. The summed E-state index contributed by atoms with van der Waals surface area (Å²) in [7, 11) is -3.83. The van der Waals surface area contributed by atoms with E-state index in [-0.39, 0.29) is 23.1 Å². The fourth-order valence-corrected chi connectivity index (χ4v) is 3.57. The summed E-state index contributed by atoms with van der Waals surface area (Å²) in [5, 5.41) is 2.72. The molecular formula is C21H19FN2O4S. The molecule has 0 aromatic heterocycles. The van der Waals surface area contributed by atoms with Crippen molar-refractivity contribution in [1.82, 2.24) is 0 Å². The van der Waals surface area contributed by atoms with E-state index >= 15 is 0 Å². The number of carbonyl (C=O) groups is 1. The summed E-state index contributed by atoms with van der Waals surface area (Å²) in [6, 6.07) is 18.0. The first-order valence-corrected chi connectivity index (χ1v) is 10.2. The molecule has 8 heteroatoms. The summed E-state index contributed by atoms with van der Waals surface area (Å²) < 4.78 is 45.5. The normalized spacial score (nSPS) is 11.0. The minimum atomic E-state index is -3.83. The van der Waals surface area contributed by atoms with Gasteiger partial charge in [-0.25, -0.2) is 12.8 Å². The number of carbonyl (C=O) groups excluding carboxylic acids is 1. The Morgan fingerprint density at radius 1 is 0.966 bits per heavy atom. The molecule has 0 bridgehead atoms. The lowest BCUT2D eigenvalue weighted by Crippen LogP contribution is -2.20. The van der Waals surface area contributed by atoms with Gasteiger partial charge in [-0.2, -0.15) is 0 Å². The second-order valence-corrected chi connectivity index (χ2v) is 7.97. The molecule has 0 atom stereocenters. The van der Waals surface area contributed by atoms with Crippen molar-refractivity contribution >= 4 is 27.3 Å². The smallest absolute Gasteiger partial charge is 0.262 e. The predicted octanol–water partition coefficient (Wildman–Crippen LogP) is 3.95. The minimum absolute atomic E-state index is 0.0124. The highest BCUT2D eigenvalue weighted by atomic mass is 32.2. The second-order valence-electron chi connectivity index (χ2n) is 6.29. The van der Waals surface area contributed by atoms with E-state index in [0.29, 0.717) is 11.4 Å². The molecule has 3 aromatic rings. The van der Waals surface area contributed by atoms with Gasteiger partial charge in [0.2, 0.25) is 0 Å². The highest BCUT2D eigenvalue weighted by molar-refractivity contribution is 7.92. The van der Waals surface area contributed by atoms with Crippen molar-refractivity contribution in [2.24, 2.45) is 0 Å². The maximum atomic E-state index is 12.9. The molecule has 3 aromatic carbocycles. The number of sulfonamides is 1. The van der Waals surface area contributed by atoms with Crippen molar-refractivity contribution in [3.05, 3.63) is 84.2 Å². The Bertz CT molecular complexity index is 1100. The van der Waals surface area contributed by atoms with E-state index in [0.717, 1.165) is 17.7 Å². The molecule has 0 saturated heterocycles. The molecule has 0 radical (unpaired) electrons. The lowest BCUT2D eigenvalue weighted by atomic mass is 10.2. The zero-order valence-corrected chi connectivity index (χ0v) is 16.4. The van der Waals surface area contributed by atoms with Crippen LogP contribution in [0.3, 0.4) is 0 Å². The lowest BCUT2D eigenvalue weighted by Gasteiger charge is -2.10. The van der Waals surface area contributed by atoms with Gasteiger partial charge >= 0.3 is 0 Å². The standard InChI is InChI=1S/C21H19FN2O4S/c1-15-3-2-4-18(13-15)23-21(25)14-28-19-9-11-20(12-10-19)29(26,27)24-17-7-5-16(22)6-8-17/h2-13,24H,14H2,1H3,(H,23,25). The maximum absolute atomic E-state index is 12.9. The molecule has 0 aliphatic heterocycles.